The summed E-state index contributed by atoms with van der Waals surface area (Å²) in [6.07, 6.45) is 3.82. The fourth-order valence-corrected chi connectivity index (χ4v) is 2.06. The maximum absolute atomic E-state index is 11.9. The number of hydrogen-bond acceptors (Lipinski definition) is 8. The number of carbonyl (C=O) groups is 1. The number of pyridine rings is 1. The molecule has 9 nitrogen and oxygen atoms in total. The molecular formula is C16H13N5O4S. The average Bonchev–Trinajstić information content (AvgIpc) is 2.63. The first kappa shape index (κ1) is 18.6. The Bertz CT molecular complexity index is 1030. The first-order chi connectivity index (χ1) is 12.5. The molecule has 4 N–H and O–H groups in total. The molecule has 0 amide bonds. The molecule has 10 heteroatoms. The van der Waals surface area contributed by atoms with Gasteiger partial charge in [0.2, 0.25) is 5.88 Å². The van der Waals surface area contributed by atoms with Crippen molar-refractivity contribution in [1.82, 2.24) is 20.3 Å². The molecule has 0 bridgehead atoms. The van der Waals surface area contributed by atoms with Crippen LogP contribution < -0.4 is 10.9 Å². The normalized spacial score (nSPS) is 11.5. The summed E-state index contributed by atoms with van der Waals surface area (Å²) in [7, 11) is 1.15. The third-order valence-corrected chi connectivity index (χ3v) is 3.29. The summed E-state index contributed by atoms with van der Waals surface area (Å²) < 4.78 is 4.57. The molecule has 0 saturated carbocycles. The number of esters is 1. The lowest BCUT2D eigenvalue weighted by Crippen LogP contribution is -2.19. The first-order valence-electron chi connectivity index (χ1n) is 7.10. The largest absolute Gasteiger partial charge is 0.494 e. The lowest BCUT2D eigenvalue weighted by molar-refractivity contribution is -0.136. The molecule has 26 heavy (non-hydrogen) atoms. The molecule has 0 unspecified atom stereocenters. The molecule has 0 saturated heterocycles. The van der Waals surface area contributed by atoms with Gasteiger partial charge in [0.1, 0.15) is 17.3 Å². The van der Waals surface area contributed by atoms with Gasteiger partial charge in [-0.3, -0.25) is 14.8 Å². The Morgan fingerprint density at radius 3 is 2.81 bits per heavy atom. The van der Waals surface area contributed by atoms with E-state index in [9.17, 15) is 20.0 Å². The van der Waals surface area contributed by atoms with Crippen molar-refractivity contribution in [3.8, 4) is 11.9 Å². The molecule has 0 aliphatic carbocycles. The highest BCUT2D eigenvalue weighted by Gasteiger charge is 2.13. The van der Waals surface area contributed by atoms with Gasteiger partial charge in [0, 0.05) is 12.4 Å². The molecule has 0 fully saturated rings. The zero-order valence-electron chi connectivity index (χ0n) is 13.4. The topological polar surface area (TPSA) is 144 Å². The molecular weight excluding hydrogens is 358 g/mol. The minimum absolute atomic E-state index is 0.0703. The van der Waals surface area contributed by atoms with Crippen molar-refractivity contribution in [2.45, 2.75) is 0 Å². The third-order valence-electron chi connectivity index (χ3n) is 3.09. The minimum Gasteiger partial charge on any atom is -0.494 e. The van der Waals surface area contributed by atoms with Gasteiger partial charge in [-0.1, -0.05) is 6.07 Å². The summed E-state index contributed by atoms with van der Waals surface area (Å²) in [5, 5.41) is 21.7. The Kier molecular flexibility index (Phi) is 6.02. The quantitative estimate of drug-likeness (QED) is 0.266. The predicted molar refractivity (Wildman–Crippen MR) is 94.9 cm³/mol. The SMILES string of the molecule is COC(=O)/C(=C/c1c(O)[nH]c(=S)[nH]c1=O)N/C=C(/C#N)c1ccccn1. The maximum atomic E-state index is 11.9. The molecule has 2 aromatic heterocycles. The smallest absolute Gasteiger partial charge is 0.354 e. The summed E-state index contributed by atoms with van der Waals surface area (Å²) in [5.41, 5.74) is -0.607. The van der Waals surface area contributed by atoms with E-state index in [1.165, 1.54) is 12.4 Å². The monoisotopic (exact) mass is 371 g/mol. The molecule has 0 spiro atoms. The van der Waals surface area contributed by atoms with Crippen molar-refractivity contribution in [3.63, 3.8) is 0 Å². The van der Waals surface area contributed by atoms with Crippen LogP contribution in [0, 0.1) is 16.1 Å². The Morgan fingerprint density at radius 2 is 2.23 bits per heavy atom. The van der Waals surface area contributed by atoms with Crippen molar-refractivity contribution in [2.24, 2.45) is 0 Å². The number of aromatic amines is 2. The second-order valence-electron chi connectivity index (χ2n) is 4.75. The Hall–Kier alpha value is -3.71. The number of nitriles is 1. The van der Waals surface area contributed by atoms with E-state index >= 15 is 0 Å². The van der Waals surface area contributed by atoms with E-state index in [2.05, 4.69) is 25.0 Å². The number of nitrogens with one attached hydrogen (secondary N) is 3. The molecule has 0 radical (unpaired) electrons. The Balaban J connectivity index is 2.45. The van der Waals surface area contributed by atoms with Gasteiger partial charge in [-0.2, -0.15) is 5.26 Å². The van der Waals surface area contributed by atoms with E-state index in [0.717, 1.165) is 13.2 Å². The molecule has 2 aromatic rings. The van der Waals surface area contributed by atoms with Crippen molar-refractivity contribution in [2.75, 3.05) is 7.11 Å². The number of aromatic hydroxyl groups is 1. The molecule has 2 heterocycles. The number of methoxy groups -OCH3 is 1. The minimum atomic E-state index is -0.819. The zero-order valence-corrected chi connectivity index (χ0v) is 14.3. The lowest BCUT2D eigenvalue weighted by Gasteiger charge is -2.07. The van der Waals surface area contributed by atoms with Crippen molar-refractivity contribution >= 4 is 29.8 Å². The highest BCUT2D eigenvalue weighted by Crippen LogP contribution is 2.13. The van der Waals surface area contributed by atoms with E-state index in [1.807, 2.05) is 6.07 Å². The van der Waals surface area contributed by atoms with Crippen molar-refractivity contribution < 1.29 is 14.6 Å². The highest BCUT2D eigenvalue weighted by atomic mass is 32.1. The van der Waals surface area contributed by atoms with E-state index in [4.69, 9.17) is 12.2 Å². The Morgan fingerprint density at radius 1 is 1.46 bits per heavy atom. The van der Waals surface area contributed by atoms with Gasteiger partial charge in [-0.15, -0.1) is 0 Å². The van der Waals surface area contributed by atoms with Crippen LogP contribution in [-0.2, 0) is 9.53 Å². The summed E-state index contributed by atoms with van der Waals surface area (Å²) in [5.74, 6) is -1.34. The number of aromatic nitrogens is 3. The number of nitrogens with zero attached hydrogens (tertiary/aromatic N) is 2. The number of carbonyl (C=O) groups excluding carboxylic acids is 1. The summed E-state index contributed by atoms with van der Waals surface area (Å²) >= 11 is 4.74. The van der Waals surface area contributed by atoms with Gasteiger partial charge < -0.3 is 20.1 Å². The second-order valence-corrected chi connectivity index (χ2v) is 5.16. The van der Waals surface area contributed by atoms with Crippen LogP contribution in [0.3, 0.4) is 0 Å². The zero-order chi connectivity index (χ0) is 19.1. The third kappa shape index (κ3) is 4.43. The molecule has 132 valence electrons. The van der Waals surface area contributed by atoms with Crippen molar-refractivity contribution in [3.05, 3.63) is 62.7 Å². The molecule has 0 atom stereocenters. The van der Waals surface area contributed by atoms with Crippen LogP contribution in [-0.4, -0.2) is 33.1 Å². The number of rotatable bonds is 5. The van der Waals surface area contributed by atoms with E-state index in [0.29, 0.717) is 5.69 Å². The van der Waals surface area contributed by atoms with Crippen molar-refractivity contribution in [1.29, 1.82) is 5.26 Å². The van der Waals surface area contributed by atoms with Gasteiger partial charge in [-0.25, -0.2) is 4.79 Å². The fourth-order valence-electron chi connectivity index (χ4n) is 1.87. The van der Waals surface area contributed by atoms with Gasteiger partial charge in [-0.05, 0) is 30.4 Å². The molecule has 0 aliphatic heterocycles. The van der Waals surface area contributed by atoms with Crippen LogP contribution in [0.1, 0.15) is 11.3 Å². The summed E-state index contributed by atoms with van der Waals surface area (Å²) in [4.78, 5) is 32.5. The summed E-state index contributed by atoms with van der Waals surface area (Å²) in [6.45, 7) is 0. The van der Waals surface area contributed by atoms with E-state index in [-0.39, 0.29) is 21.6 Å². The fraction of sp³-hybridized carbons (Fsp3) is 0.0625. The maximum Gasteiger partial charge on any atom is 0.354 e. The number of allylic oxidation sites excluding steroid dienone is 1. The standard InChI is InChI=1S/C16H13N5O4S/c1-25-15(24)12(6-10-13(22)20-16(26)21-14(10)23)19-8-9(7-17)11-4-2-3-5-18-11/h2-6,8,19H,1H3,(H3,20,21,22,23,26)/b9-8-,12-6-. The van der Waals surface area contributed by atoms with Crippen LogP contribution in [0.5, 0.6) is 5.88 Å². The first-order valence-corrected chi connectivity index (χ1v) is 7.51. The van der Waals surface area contributed by atoms with Crippen LogP contribution >= 0.6 is 12.2 Å². The highest BCUT2D eigenvalue weighted by molar-refractivity contribution is 7.71. The van der Waals surface area contributed by atoms with Gasteiger partial charge in [0.05, 0.1) is 18.4 Å². The van der Waals surface area contributed by atoms with Crippen LogP contribution in [0.25, 0.3) is 11.6 Å². The Labute approximate surface area is 152 Å². The number of H-pyrrole nitrogens is 2. The van der Waals surface area contributed by atoms with E-state index < -0.39 is 17.4 Å². The van der Waals surface area contributed by atoms with Gasteiger partial charge >= 0.3 is 5.97 Å². The molecule has 2 rings (SSSR count). The predicted octanol–water partition coefficient (Wildman–Crippen LogP) is 1.20. The second kappa shape index (κ2) is 8.41. The van der Waals surface area contributed by atoms with Crippen LogP contribution in [0.15, 0.2) is 41.1 Å². The van der Waals surface area contributed by atoms with Gasteiger partial charge in [0.25, 0.3) is 5.56 Å². The molecule has 0 aliphatic rings. The molecule has 0 aromatic carbocycles. The average molecular weight is 371 g/mol. The number of hydrogen-bond donors (Lipinski definition) is 4. The number of ether oxygens (including phenoxy) is 1. The van der Waals surface area contributed by atoms with E-state index in [1.54, 1.807) is 18.2 Å². The van der Waals surface area contributed by atoms with Crippen LogP contribution in [0.4, 0.5) is 0 Å². The van der Waals surface area contributed by atoms with Gasteiger partial charge in [0.15, 0.2) is 4.77 Å². The van der Waals surface area contributed by atoms with Crippen LogP contribution in [0.2, 0.25) is 0 Å². The lowest BCUT2D eigenvalue weighted by atomic mass is 10.2. The summed E-state index contributed by atoms with van der Waals surface area (Å²) in [6, 6.07) is 6.96.